The molecule has 14 heavy (non-hydrogen) atoms. The van der Waals surface area contributed by atoms with Crippen LogP contribution in [0.1, 0.15) is 19.8 Å². The highest BCUT2D eigenvalue weighted by Crippen LogP contribution is 2.14. The first-order valence-electron chi connectivity index (χ1n) is 4.84. The maximum Gasteiger partial charge on any atom is 0.317 e. The number of nitrogens with one attached hydrogen (secondary N) is 1. The molecule has 0 radical (unpaired) electrons. The van der Waals surface area contributed by atoms with E-state index in [4.69, 9.17) is 5.11 Å². The molecule has 0 aromatic carbocycles. The summed E-state index contributed by atoms with van der Waals surface area (Å²) in [6.07, 6.45) is 1.02. The quantitative estimate of drug-likeness (QED) is 0.697. The third-order valence-electron chi connectivity index (χ3n) is 2.33. The van der Waals surface area contributed by atoms with Crippen LogP contribution in [0.3, 0.4) is 0 Å². The SMILES string of the molecule is CC1CCN(C(=O)NCCC(=O)O)C1. The van der Waals surface area contributed by atoms with E-state index < -0.39 is 5.97 Å². The van der Waals surface area contributed by atoms with Gasteiger partial charge in [0, 0.05) is 19.6 Å². The second-order valence-corrected chi connectivity index (χ2v) is 3.72. The number of carboxylic acid groups (broad SMARTS) is 1. The normalized spacial score (nSPS) is 20.9. The molecule has 1 fully saturated rings. The summed E-state index contributed by atoms with van der Waals surface area (Å²) < 4.78 is 0. The Morgan fingerprint density at radius 3 is 2.79 bits per heavy atom. The highest BCUT2D eigenvalue weighted by molar-refractivity contribution is 5.75. The molecule has 5 nitrogen and oxygen atoms in total. The summed E-state index contributed by atoms with van der Waals surface area (Å²) in [5.74, 6) is -0.333. The number of aliphatic carboxylic acids is 1. The number of urea groups is 1. The van der Waals surface area contributed by atoms with Gasteiger partial charge in [0.25, 0.3) is 0 Å². The molecule has 2 N–H and O–H groups in total. The van der Waals surface area contributed by atoms with E-state index in [-0.39, 0.29) is 19.0 Å². The third kappa shape index (κ3) is 3.24. The number of hydrogen-bond donors (Lipinski definition) is 2. The number of carbonyl (C=O) groups excluding carboxylic acids is 1. The molecule has 1 saturated heterocycles. The van der Waals surface area contributed by atoms with E-state index in [0.29, 0.717) is 5.92 Å². The largest absolute Gasteiger partial charge is 0.481 e. The zero-order valence-electron chi connectivity index (χ0n) is 8.32. The maximum atomic E-state index is 11.4. The maximum absolute atomic E-state index is 11.4. The van der Waals surface area contributed by atoms with Gasteiger partial charge in [-0.2, -0.15) is 0 Å². The van der Waals surface area contributed by atoms with Crippen LogP contribution in [0.2, 0.25) is 0 Å². The zero-order valence-corrected chi connectivity index (χ0v) is 8.32. The zero-order chi connectivity index (χ0) is 10.6. The summed E-state index contributed by atoms with van der Waals surface area (Å²) in [5, 5.41) is 11.0. The van der Waals surface area contributed by atoms with Crippen LogP contribution in [0.15, 0.2) is 0 Å². The number of amides is 2. The van der Waals surface area contributed by atoms with Crippen LogP contribution in [0.5, 0.6) is 0 Å². The van der Waals surface area contributed by atoms with E-state index in [2.05, 4.69) is 12.2 Å². The van der Waals surface area contributed by atoms with Crippen molar-refractivity contribution in [2.45, 2.75) is 19.8 Å². The average molecular weight is 200 g/mol. The van der Waals surface area contributed by atoms with Gasteiger partial charge in [-0.15, -0.1) is 0 Å². The minimum Gasteiger partial charge on any atom is -0.481 e. The lowest BCUT2D eigenvalue weighted by Crippen LogP contribution is -2.39. The van der Waals surface area contributed by atoms with Crippen LogP contribution in [0.25, 0.3) is 0 Å². The van der Waals surface area contributed by atoms with E-state index >= 15 is 0 Å². The summed E-state index contributed by atoms with van der Waals surface area (Å²) in [4.78, 5) is 23.3. The Morgan fingerprint density at radius 1 is 1.57 bits per heavy atom. The second-order valence-electron chi connectivity index (χ2n) is 3.72. The highest BCUT2D eigenvalue weighted by Gasteiger charge is 2.22. The van der Waals surface area contributed by atoms with Gasteiger partial charge >= 0.3 is 12.0 Å². The van der Waals surface area contributed by atoms with Gasteiger partial charge in [0.1, 0.15) is 0 Å². The average Bonchev–Trinajstić information content (AvgIpc) is 2.51. The van der Waals surface area contributed by atoms with E-state index in [1.54, 1.807) is 4.90 Å². The summed E-state index contributed by atoms with van der Waals surface area (Å²) >= 11 is 0. The molecule has 0 aromatic rings. The Kier molecular flexibility index (Phi) is 3.73. The van der Waals surface area contributed by atoms with Gasteiger partial charge in [-0.3, -0.25) is 4.79 Å². The number of carbonyl (C=O) groups is 2. The number of rotatable bonds is 3. The highest BCUT2D eigenvalue weighted by atomic mass is 16.4. The van der Waals surface area contributed by atoms with E-state index in [0.717, 1.165) is 19.5 Å². The van der Waals surface area contributed by atoms with Crippen LogP contribution in [-0.2, 0) is 4.79 Å². The molecular formula is C9H16N2O3. The van der Waals surface area contributed by atoms with Crippen molar-refractivity contribution < 1.29 is 14.7 Å². The minimum absolute atomic E-state index is 0.0187. The van der Waals surface area contributed by atoms with Crippen LogP contribution in [0, 0.1) is 5.92 Å². The molecule has 0 aliphatic carbocycles. The van der Waals surface area contributed by atoms with Gasteiger partial charge in [0.15, 0.2) is 0 Å². The molecule has 0 spiro atoms. The van der Waals surface area contributed by atoms with Crippen LogP contribution >= 0.6 is 0 Å². The van der Waals surface area contributed by atoms with E-state index in [1.165, 1.54) is 0 Å². The number of carboxylic acids is 1. The lowest BCUT2D eigenvalue weighted by Gasteiger charge is -2.16. The molecule has 2 amide bonds. The minimum atomic E-state index is -0.889. The summed E-state index contributed by atoms with van der Waals surface area (Å²) in [6.45, 7) is 3.86. The van der Waals surface area contributed by atoms with Gasteiger partial charge in [-0.25, -0.2) is 4.79 Å². The molecular weight excluding hydrogens is 184 g/mol. The van der Waals surface area contributed by atoms with Crippen LogP contribution < -0.4 is 5.32 Å². The molecule has 0 aromatic heterocycles. The molecule has 5 heteroatoms. The number of likely N-dealkylation sites (tertiary alicyclic amines) is 1. The van der Waals surface area contributed by atoms with E-state index in [1.807, 2.05) is 0 Å². The first-order chi connectivity index (χ1) is 6.59. The van der Waals surface area contributed by atoms with Crippen molar-refractivity contribution in [2.24, 2.45) is 5.92 Å². The lowest BCUT2D eigenvalue weighted by molar-refractivity contribution is -0.136. The molecule has 1 aliphatic heterocycles. The molecule has 1 atom stereocenters. The van der Waals surface area contributed by atoms with Gasteiger partial charge in [0.2, 0.25) is 0 Å². The third-order valence-corrected chi connectivity index (χ3v) is 2.33. The van der Waals surface area contributed by atoms with Gasteiger partial charge in [0.05, 0.1) is 6.42 Å². The van der Waals surface area contributed by atoms with Crippen molar-refractivity contribution in [1.82, 2.24) is 10.2 Å². The predicted molar refractivity (Wildman–Crippen MR) is 51.0 cm³/mol. The van der Waals surface area contributed by atoms with Crippen molar-refractivity contribution in [2.75, 3.05) is 19.6 Å². The van der Waals surface area contributed by atoms with Gasteiger partial charge in [-0.1, -0.05) is 6.92 Å². The van der Waals surface area contributed by atoms with Gasteiger partial charge in [-0.05, 0) is 12.3 Å². The molecule has 1 rings (SSSR count). The Balaban J connectivity index is 2.18. The Labute approximate surface area is 83.1 Å². The van der Waals surface area contributed by atoms with Crippen molar-refractivity contribution in [3.8, 4) is 0 Å². The summed E-state index contributed by atoms with van der Waals surface area (Å²) in [6, 6.07) is -0.143. The Bertz CT molecular complexity index is 230. The fourth-order valence-electron chi connectivity index (χ4n) is 1.51. The monoisotopic (exact) mass is 200 g/mol. The van der Waals surface area contributed by atoms with Gasteiger partial charge < -0.3 is 15.3 Å². The topological polar surface area (TPSA) is 69.6 Å². The first-order valence-corrected chi connectivity index (χ1v) is 4.84. The summed E-state index contributed by atoms with van der Waals surface area (Å²) in [5.41, 5.74) is 0. The summed E-state index contributed by atoms with van der Waals surface area (Å²) in [7, 11) is 0. The molecule has 1 unspecified atom stereocenters. The molecule has 0 saturated carbocycles. The molecule has 1 aliphatic rings. The molecule has 80 valence electrons. The number of hydrogen-bond acceptors (Lipinski definition) is 2. The van der Waals surface area contributed by atoms with Crippen molar-refractivity contribution in [3.05, 3.63) is 0 Å². The van der Waals surface area contributed by atoms with Crippen molar-refractivity contribution in [3.63, 3.8) is 0 Å². The van der Waals surface area contributed by atoms with Crippen molar-refractivity contribution in [1.29, 1.82) is 0 Å². The van der Waals surface area contributed by atoms with E-state index in [9.17, 15) is 9.59 Å². The molecule has 1 heterocycles. The number of nitrogens with zero attached hydrogens (tertiary/aromatic N) is 1. The predicted octanol–water partition coefficient (Wildman–Crippen LogP) is 0.513. The standard InChI is InChI=1S/C9H16N2O3/c1-7-3-5-11(6-7)9(14)10-4-2-8(12)13/h7H,2-6H2,1H3,(H,10,14)(H,12,13). The Hall–Kier alpha value is -1.26. The fourth-order valence-corrected chi connectivity index (χ4v) is 1.51. The van der Waals surface area contributed by atoms with Crippen LogP contribution in [-0.4, -0.2) is 41.6 Å². The smallest absolute Gasteiger partial charge is 0.317 e. The molecule has 0 bridgehead atoms. The van der Waals surface area contributed by atoms with Crippen molar-refractivity contribution >= 4 is 12.0 Å². The fraction of sp³-hybridized carbons (Fsp3) is 0.778. The first kappa shape index (κ1) is 10.8. The lowest BCUT2D eigenvalue weighted by atomic mass is 10.2. The second kappa shape index (κ2) is 4.83. The van der Waals surface area contributed by atoms with Crippen LogP contribution in [0.4, 0.5) is 4.79 Å². The Morgan fingerprint density at radius 2 is 2.29 bits per heavy atom.